The fourth-order valence-corrected chi connectivity index (χ4v) is 4.90. The maximum absolute atomic E-state index is 12.6. The Morgan fingerprint density at radius 1 is 0.914 bits per heavy atom. The van der Waals surface area contributed by atoms with E-state index in [0.717, 1.165) is 35.2 Å². The summed E-state index contributed by atoms with van der Waals surface area (Å²) in [6, 6.07) is 10.4. The second-order valence-corrected chi connectivity index (χ2v) is 10.3. The summed E-state index contributed by atoms with van der Waals surface area (Å²) in [5.41, 5.74) is 3.11. The Bertz CT molecular complexity index is 1040. The smallest absolute Gasteiger partial charge is 0.312 e. The second-order valence-electron chi connectivity index (χ2n) is 10.3. The Morgan fingerprint density at radius 2 is 1.51 bits per heavy atom. The molecule has 0 aromatic heterocycles. The highest BCUT2D eigenvalue weighted by Gasteiger charge is 2.40. The van der Waals surface area contributed by atoms with Gasteiger partial charge in [-0.05, 0) is 56.2 Å². The van der Waals surface area contributed by atoms with Crippen molar-refractivity contribution in [3.8, 4) is 23.0 Å². The number of rotatable bonds is 9. The number of carbonyl (C=O) groups excluding carboxylic acids is 1. The van der Waals surface area contributed by atoms with Crippen LogP contribution in [0.3, 0.4) is 0 Å². The first kappa shape index (κ1) is 26.7. The molecule has 35 heavy (non-hydrogen) atoms. The predicted octanol–water partition coefficient (Wildman–Crippen LogP) is 4.74. The fraction of sp³-hybridized carbons (Fsp3) is 0.536. The number of ether oxygens (including phenoxy) is 5. The third kappa shape index (κ3) is 6.20. The molecule has 0 unspecified atom stereocenters. The summed E-state index contributed by atoms with van der Waals surface area (Å²) >= 11 is 0. The lowest BCUT2D eigenvalue weighted by atomic mass is 9.86. The second kappa shape index (κ2) is 10.8. The Labute approximate surface area is 209 Å². The van der Waals surface area contributed by atoms with Crippen molar-refractivity contribution in [2.75, 3.05) is 48.6 Å². The molecule has 0 amide bonds. The lowest BCUT2D eigenvalue weighted by Gasteiger charge is -2.46. The van der Waals surface area contributed by atoms with Crippen molar-refractivity contribution in [3.63, 3.8) is 0 Å². The normalized spacial score (nSPS) is 19.5. The van der Waals surface area contributed by atoms with Crippen molar-refractivity contribution in [1.29, 1.82) is 0 Å². The van der Waals surface area contributed by atoms with Crippen molar-refractivity contribution < 1.29 is 33.0 Å². The van der Waals surface area contributed by atoms with Gasteiger partial charge in [-0.2, -0.15) is 0 Å². The Kier molecular flexibility index (Phi) is 8.21. The van der Waals surface area contributed by atoms with E-state index in [1.54, 1.807) is 28.4 Å². The average molecular weight is 487 g/mol. The summed E-state index contributed by atoms with van der Waals surface area (Å²) in [5, 5.41) is 0. The third-order valence-electron chi connectivity index (χ3n) is 6.77. The highest BCUT2D eigenvalue weighted by Crippen LogP contribution is 2.43. The lowest BCUT2D eigenvalue weighted by Crippen LogP contribution is -2.53. The molecule has 0 aliphatic carbocycles. The zero-order chi connectivity index (χ0) is 25.8. The van der Waals surface area contributed by atoms with Gasteiger partial charge in [0, 0.05) is 18.4 Å². The van der Waals surface area contributed by atoms with E-state index in [2.05, 4.69) is 25.2 Å². The van der Waals surface area contributed by atoms with E-state index >= 15 is 0 Å². The first-order chi connectivity index (χ1) is 16.5. The molecule has 3 rings (SSSR count). The van der Waals surface area contributed by atoms with E-state index in [1.807, 2.05) is 32.9 Å². The number of methoxy groups -OCH3 is 4. The standard InChI is InChI=1S/C28H40NO6/c1-28(2,3)35-27(30)12-14-29(4)13-11-20-17-25(33-7)26(34-8)18-21(20)22(29)15-19-9-10-23(31-5)24(16-19)32-6/h9-10,16-18,22H,11-15H2,1-8H3/q+1/t22-,29-/m1/s1. The van der Waals surface area contributed by atoms with Gasteiger partial charge in [0.15, 0.2) is 23.0 Å². The number of hydrogen-bond acceptors (Lipinski definition) is 6. The van der Waals surface area contributed by atoms with E-state index in [4.69, 9.17) is 23.7 Å². The molecular weight excluding hydrogens is 446 g/mol. The summed E-state index contributed by atoms with van der Waals surface area (Å²) in [6.45, 7) is 7.29. The molecule has 1 aliphatic rings. The van der Waals surface area contributed by atoms with Gasteiger partial charge < -0.3 is 28.2 Å². The number of carbonyl (C=O) groups is 1. The molecular formula is C28H40NO6+. The minimum absolute atomic E-state index is 0.110. The first-order valence-corrected chi connectivity index (χ1v) is 12.1. The van der Waals surface area contributed by atoms with Crippen molar-refractivity contribution in [1.82, 2.24) is 0 Å². The summed E-state index contributed by atoms with van der Waals surface area (Å²) in [7, 11) is 8.84. The van der Waals surface area contributed by atoms with E-state index in [1.165, 1.54) is 11.1 Å². The molecule has 0 saturated heterocycles. The average Bonchev–Trinajstić information content (AvgIpc) is 2.82. The number of esters is 1. The predicted molar refractivity (Wildman–Crippen MR) is 136 cm³/mol. The molecule has 0 fully saturated rings. The van der Waals surface area contributed by atoms with Crippen LogP contribution in [0.5, 0.6) is 23.0 Å². The van der Waals surface area contributed by atoms with E-state index in [0.29, 0.717) is 30.2 Å². The molecule has 192 valence electrons. The van der Waals surface area contributed by atoms with Gasteiger partial charge in [0.25, 0.3) is 0 Å². The molecule has 0 radical (unpaired) electrons. The largest absolute Gasteiger partial charge is 0.493 e. The molecule has 7 heteroatoms. The molecule has 7 nitrogen and oxygen atoms in total. The number of benzene rings is 2. The molecule has 0 bridgehead atoms. The van der Waals surface area contributed by atoms with E-state index < -0.39 is 5.60 Å². The molecule has 2 atom stereocenters. The highest BCUT2D eigenvalue weighted by atomic mass is 16.6. The minimum atomic E-state index is -0.493. The van der Waals surface area contributed by atoms with Crippen LogP contribution < -0.4 is 18.9 Å². The fourth-order valence-electron chi connectivity index (χ4n) is 4.90. The minimum Gasteiger partial charge on any atom is -0.493 e. The van der Waals surface area contributed by atoms with Gasteiger partial charge in [-0.3, -0.25) is 4.79 Å². The number of quaternary nitrogens is 1. The van der Waals surface area contributed by atoms with Crippen LogP contribution in [0, 0.1) is 0 Å². The van der Waals surface area contributed by atoms with Gasteiger partial charge in [-0.15, -0.1) is 0 Å². The van der Waals surface area contributed by atoms with E-state index in [9.17, 15) is 4.79 Å². The molecule has 2 aromatic carbocycles. The van der Waals surface area contributed by atoms with E-state index in [-0.39, 0.29) is 12.0 Å². The quantitative estimate of drug-likeness (QED) is 0.377. The molecule has 0 N–H and O–H groups in total. The van der Waals surface area contributed by atoms with Crippen LogP contribution in [0.2, 0.25) is 0 Å². The Hall–Kier alpha value is -2.93. The molecule has 0 saturated carbocycles. The summed E-state index contributed by atoms with van der Waals surface area (Å²) in [6.07, 6.45) is 2.02. The van der Waals surface area contributed by atoms with Crippen LogP contribution in [0.4, 0.5) is 0 Å². The Morgan fingerprint density at radius 3 is 2.11 bits per heavy atom. The molecule has 1 aliphatic heterocycles. The highest BCUT2D eigenvalue weighted by molar-refractivity contribution is 5.69. The third-order valence-corrected chi connectivity index (χ3v) is 6.77. The topological polar surface area (TPSA) is 63.2 Å². The maximum atomic E-state index is 12.6. The molecule has 1 heterocycles. The van der Waals surface area contributed by atoms with Crippen LogP contribution in [-0.2, 0) is 22.4 Å². The number of likely N-dealkylation sites (N-methyl/N-ethyl adjacent to an activating group) is 1. The number of nitrogens with zero attached hydrogens (tertiary/aromatic N) is 1. The van der Waals surface area contributed by atoms with Crippen LogP contribution in [0.1, 0.15) is 49.9 Å². The zero-order valence-electron chi connectivity index (χ0n) is 22.4. The summed E-state index contributed by atoms with van der Waals surface area (Å²) in [5.74, 6) is 2.69. The van der Waals surface area contributed by atoms with Gasteiger partial charge in [-0.25, -0.2) is 0 Å². The number of fused-ring (bicyclic) bond motifs is 1. The van der Waals surface area contributed by atoms with Crippen LogP contribution in [-0.4, -0.2) is 64.6 Å². The van der Waals surface area contributed by atoms with Gasteiger partial charge in [-0.1, -0.05) is 6.07 Å². The van der Waals surface area contributed by atoms with Crippen molar-refractivity contribution in [3.05, 3.63) is 47.0 Å². The monoisotopic (exact) mass is 486 g/mol. The van der Waals surface area contributed by atoms with Crippen LogP contribution in [0.25, 0.3) is 0 Å². The van der Waals surface area contributed by atoms with Crippen molar-refractivity contribution >= 4 is 5.97 Å². The van der Waals surface area contributed by atoms with Crippen molar-refractivity contribution in [2.45, 2.75) is 51.7 Å². The SMILES string of the molecule is COc1ccc(C[C@@H]2c3cc(OC)c(OC)cc3CC[N@+]2(C)CCC(=O)OC(C)(C)C)cc1OC. The van der Waals surface area contributed by atoms with Gasteiger partial charge in [0.05, 0.1) is 55.0 Å². The number of hydrogen-bond donors (Lipinski definition) is 0. The van der Waals surface area contributed by atoms with Crippen LogP contribution in [0.15, 0.2) is 30.3 Å². The zero-order valence-corrected chi connectivity index (χ0v) is 22.4. The summed E-state index contributed by atoms with van der Waals surface area (Å²) < 4.78 is 28.5. The lowest BCUT2D eigenvalue weighted by molar-refractivity contribution is -0.940. The molecule has 2 aromatic rings. The van der Waals surface area contributed by atoms with Crippen LogP contribution >= 0.6 is 0 Å². The maximum Gasteiger partial charge on any atom is 0.312 e. The summed E-state index contributed by atoms with van der Waals surface area (Å²) in [4.78, 5) is 12.6. The first-order valence-electron chi connectivity index (χ1n) is 12.1. The van der Waals surface area contributed by atoms with Gasteiger partial charge >= 0.3 is 5.97 Å². The molecule has 0 spiro atoms. The Balaban J connectivity index is 2.00. The van der Waals surface area contributed by atoms with Gasteiger partial charge in [0.2, 0.25) is 0 Å². The van der Waals surface area contributed by atoms with Crippen molar-refractivity contribution in [2.24, 2.45) is 0 Å². The van der Waals surface area contributed by atoms with Gasteiger partial charge in [0.1, 0.15) is 11.6 Å².